The molecule has 0 radical (unpaired) electrons. The van der Waals surface area contributed by atoms with E-state index >= 15 is 0 Å². The van der Waals surface area contributed by atoms with Crippen molar-refractivity contribution in [2.75, 3.05) is 6.61 Å². The molecular weight excluding hydrogens is 298 g/mol. The van der Waals surface area contributed by atoms with Gasteiger partial charge in [0.05, 0.1) is 17.5 Å². The molecule has 0 aliphatic carbocycles. The van der Waals surface area contributed by atoms with Gasteiger partial charge in [-0.1, -0.05) is 6.07 Å². The Bertz CT molecular complexity index is 772. The van der Waals surface area contributed by atoms with Crippen molar-refractivity contribution >= 4 is 30.6 Å². The first kappa shape index (κ1) is 14.8. The molecular formula is C14H14ClNO3S. The average Bonchev–Trinajstić information content (AvgIpc) is 2.76. The van der Waals surface area contributed by atoms with Gasteiger partial charge in [0.15, 0.2) is 0 Å². The van der Waals surface area contributed by atoms with Crippen LogP contribution in [-0.2, 0) is 15.6 Å². The molecule has 20 heavy (non-hydrogen) atoms. The number of aryl methyl sites for hydroxylation is 1. The zero-order chi connectivity index (χ0) is 14.8. The van der Waals surface area contributed by atoms with Crippen molar-refractivity contribution in [3.8, 4) is 18.1 Å². The molecule has 1 heterocycles. The Balaban J connectivity index is 2.74. The molecule has 0 N–H and O–H groups in total. The molecule has 1 aromatic carbocycles. The SMILES string of the molecule is C#CCCn1cc(S(=O)(=O)Cl)c2c(OCC)cccc21. The zero-order valence-corrected chi connectivity index (χ0v) is 12.5. The fraction of sp³-hybridized carbons (Fsp3) is 0.286. The van der Waals surface area contributed by atoms with E-state index in [0.717, 1.165) is 5.52 Å². The molecule has 6 heteroatoms. The van der Waals surface area contributed by atoms with E-state index in [9.17, 15) is 8.42 Å². The molecule has 0 aliphatic rings. The molecule has 106 valence electrons. The van der Waals surface area contributed by atoms with Crippen LogP contribution in [0.25, 0.3) is 10.9 Å². The second kappa shape index (κ2) is 5.78. The monoisotopic (exact) mass is 311 g/mol. The fourth-order valence-corrected chi connectivity index (χ4v) is 3.17. The van der Waals surface area contributed by atoms with Crippen LogP contribution in [0, 0.1) is 12.3 Å². The molecule has 0 aliphatic heterocycles. The van der Waals surface area contributed by atoms with Gasteiger partial charge in [0.2, 0.25) is 0 Å². The van der Waals surface area contributed by atoms with Crippen LogP contribution in [0.5, 0.6) is 5.75 Å². The molecule has 0 spiro atoms. The van der Waals surface area contributed by atoms with Crippen molar-refractivity contribution in [1.82, 2.24) is 4.57 Å². The summed E-state index contributed by atoms with van der Waals surface area (Å²) in [6, 6.07) is 5.35. The summed E-state index contributed by atoms with van der Waals surface area (Å²) in [5, 5.41) is 0.501. The van der Waals surface area contributed by atoms with Gasteiger partial charge in [0.1, 0.15) is 10.6 Å². The summed E-state index contributed by atoms with van der Waals surface area (Å²) in [6.07, 6.45) is 7.27. The predicted molar refractivity (Wildman–Crippen MR) is 79.6 cm³/mol. The minimum absolute atomic E-state index is 0.0511. The maximum Gasteiger partial charge on any atom is 0.263 e. The lowest BCUT2D eigenvalue weighted by molar-refractivity contribution is 0.344. The molecule has 4 nitrogen and oxygen atoms in total. The van der Waals surface area contributed by atoms with E-state index in [1.54, 1.807) is 10.6 Å². The average molecular weight is 312 g/mol. The van der Waals surface area contributed by atoms with Gasteiger partial charge in [-0.15, -0.1) is 12.3 Å². The second-order valence-corrected chi connectivity index (χ2v) is 6.70. The molecule has 0 amide bonds. The highest BCUT2D eigenvalue weighted by Crippen LogP contribution is 2.35. The maximum absolute atomic E-state index is 11.7. The number of halogens is 1. The quantitative estimate of drug-likeness (QED) is 0.630. The second-order valence-electron chi connectivity index (χ2n) is 4.16. The third-order valence-corrected chi connectivity index (χ3v) is 4.23. The normalized spacial score (nSPS) is 11.4. The minimum Gasteiger partial charge on any atom is -0.493 e. The van der Waals surface area contributed by atoms with Crippen LogP contribution in [-0.4, -0.2) is 19.6 Å². The Labute approximate surface area is 122 Å². The molecule has 0 unspecified atom stereocenters. The zero-order valence-electron chi connectivity index (χ0n) is 11.0. The van der Waals surface area contributed by atoms with E-state index < -0.39 is 9.05 Å². The van der Waals surface area contributed by atoms with Gasteiger partial charge in [0, 0.05) is 29.8 Å². The van der Waals surface area contributed by atoms with Gasteiger partial charge >= 0.3 is 0 Å². The highest BCUT2D eigenvalue weighted by Gasteiger charge is 2.21. The van der Waals surface area contributed by atoms with Gasteiger partial charge < -0.3 is 9.30 Å². The first-order valence-electron chi connectivity index (χ1n) is 6.11. The van der Waals surface area contributed by atoms with Crippen molar-refractivity contribution in [3.05, 3.63) is 24.4 Å². The molecule has 0 saturated carbocycles. The first-order valence-corrected chi connectivity index (χ1v) is 8.42. The summed E-state index contributed by atoms with van der Waals surface area (Å²) in [4.78, 5) is 0.0511. The van der Waals surface area contributed by atoms with Crippen molar-refractivity contribution in [2.24, 2.45) is 0 Å². The van der Waals surface area contributed by atoms with E-state index in [-0.39, 0.29) is 4.90 Å². The molecule has 2 aromatic rings. The summed E-state index contributed by atoms with van der Waals surface area (Å²) in [5.74, 6) is 3.04. The van der Waals surface area contributed by atoms with Crippen LogP contribution < -0.4 is 4.74 Å². The van der Waals surface area contributed by atoms with E-state index in [0.29, 0.717) is 30.7 Å². The molecule has 1 aromatic heterocycles. The Morgan fingerprint density at radius 3 is 2.80 bits per heavy atom. The van der Waals surface area contributed by atoms with Crippen LogP contribution in [0.1, 0.15) is 13.3 Å². The number of aromatic nitrogens is 1. The fourth-order valence-electron chi connectivity index (χ4n) is 2.11. The number of nitrogens with zero attached hydrogens (tertiary/aromatic N) is 1. The highest BCUT2D eigenvalue weighted by atomic mass is 35.7. The Hall–Kier alpha value is -1.64. The number of hydrogen-bond acceptors (Lipinski definition) is 3. The number of benzene rings is 1. The van der Waals surface area contributed by atoms with Crippen LogP contribution in [0.15, 0.2) is 29.3 Å². The Morgan fingerprint density at radius 2 is 2.20 bits per heavy atom. The number of terminal acetylenes is 1. The van der Waals surface area contributed by atoms with E-state index in [1.165, 1.54) is 6.20 Å². The summed E-state index contributed by atoms with van der Waals surface area (Å²) >= 11 is 0. The van der Waals surface area contributed by atoms with Gasteiger partial charge in [-0.3, -0.25) is 0 Å². The maximum atomic E-state index is 11.7. The number of fused-ring (bicyclic) bond motifs is 1. The van der Waals surface area contributed by atoms with E-state index in [4.69, 9.17) is 21.8 Å². The minimum atomic E-state index is -3.85. The number of rotatable bonds is 5. The van der Waals surface area contributed by atoms with E-state index in [2.05, 4.69) is 5.92 Å². The third-order valence-electron chi connectivity index (χ3n) is 2.89. The number of hydrogen-bond donors (Lipinski definition) is 0. The van der Waals surface area contributed by atoms with Gasteiger partial charge in [-0.2, -0.15) is 0 Å². The van der Waals surface area contributed by atoms with E-state index in [1.807, 2.05) is 19.1 Å². The van der Waals surface area contributed by atoms with Gasteiger partial charge in [-0.05, 0) is 19.1 Å². The van der Waals surface area contributed by atoms with Crippen LogP contribution >= 0.6 is 10.7 Å². The largest absolute Gasteiger partial charge is 0.493 e. The van der Waals surface area contributed by atoms with Gasteiger partial charge in [0.25, 0.3) is 9.05 Å². The van der Waals surface area contributed by atoms with Crippen LogP contribution in [0.2, 0.25) is 0 Å². The predicted octanol–water partition coefficient (Wildman–Crippen LogP) is 2.99. The molecule has 2 rings (SSSR count). The van der Waals surface area contributed by atoms with Crippen molar-refractivity contribution in [2.45, 2.75) is 24.8 Å². The standard InChI is InChI=1S/C14H14ClNO3S/c1-3-5-9-16-10-13(20(15,17)18)14-11(16)7-6-8-12(14)19-4-2/h1,6-8,10H,4-5,9H2,2H3. The Morgan fingerprint density at radius 1 is 1.45 bits per heavy atom. The molecule has 0 fully saturated rings. The lowest BCUT2D eigenvalue weighted by Gasteiger charge is -2.06. The van der Waals surface area contributed by atoms with Crippen LogP contribution in [0.3, 0.4) is 0 Å². The summed E-state index contributed by atoms with van der Waals surface area (Å²) in [7, 11) is 1.67. The van der Waals surface area contributed by atoms with Crippen molar-refractivity contribution in [1.29, 1.82) is 0 Å². The van der Waals surface area contributed by atoms with Crippen molar-refractivity contribution in [3.63, 3.8) is 0 Å². The topological polar surface area (TPSA) is 48.3 Å². The van der Waals surface area contributed by atoms with Crippen LogP contribution in [0.4, 0.5) is 0 Å². The lowest BCUT2D eigenvalue weighted by atomic mass is 10.2. The summed E-state index contributed by atoms with van der Waals surface area (Å²) in [5.41, 5.74) is 0.741. The summed E-state index contributed by atoms with van der Waals surface area (Å²) < 4.78 is 30.8. The third kappa shape index (κ3) is 2.77. The highest BCUT2D eigenvalue weighted by molar-refractivity contribution is 8.14. The van der Waals surface area contributed by atoms with Crippen molar-refractivity contribution < 1.29 is 13.2 Å². The molecule has 0 bridgehead atoms. The molecule has 0 saturated heterocycles. The summed E-state index contributed by atoms with van der Waals surface area (Å²) in [6.45, 7) is 2.80. The van der Waals surface area contributed by atoms with Gasteiger partial charge in [-0.25, -0.2) is 8.42 Å². The first-order chi connectivity index (χ1) is 9.49. The lowest BCUT2D eigenvalue weighted by Crippen LogP contribution is -1.95. The Kier molecular flexibility index (Phi) is 4.26. The smallest absolute Gasteiger partial charge is 0.263 e. The number of ether oxygens (including phenoxy) is 1. The molecule has 0 atom stereocenters.